The zero-order chi connectivity index (χ0) is 24.9. The Labute approximate surface area is 215 Å². The van der Waals surface area contributed by atoms with Crippen LogP contribution in [0.5, 0.6) is 0 Å². The van der Waals surface area contributed by atoms with Crippen molar-refractivity contribution in [2.45, 2.75) is 39.0 Å². The van der Waals surface area contributed by atoms with Crippen LogP contribution in [0.4, 0.5) is 0 Å². The third-order valence-electron chi connectivity index (χ3n) is 7.85. The molecular formula is C36H32. The monoisotopic (exact) mass is 464 g/mol. The minimum Gasteiger partial charge on any atom is -0.0622 e. The van der Waals surface area contributed by atoms with Gasteiger partial charge >= 0.3 is 0 Å². The summed E-state index contributed by atoms with van der Waals surface area (Å²) in [6.07, 6.45) is 0. The van der Waals surface area contributed by atoms with Crippen LogP contribution >= 0.6 is 0 Å². The fourth-order valence-electron chi connectivity index (χ4n) is 5.68. The Morgan fingerprint density at radius 3 is 1.44 bits per heavy atom. The van der Waals surface area contributed by atoms with Crippen LogP contribution in [-0.4, -0.2) is 0 Å². The summed E-state index contributed by atoms with van der Waals surface area (Å²) in [6.45, 7) is 9.31. The van der Waals surface area contributed by atoms with Crippen molar-refractivity contribution in [1.82, 2.24) is 0 Å². The maximum absolute atomic E-state index is 2.43. The Bertz CT molecular complexity index is 1500. The molecule has 5 aromatic rings. The van der Waals surface area contributed by atoms with Crippen LogP contribution in [0.25, 0.3) is 44.5 Å². The van der Waals surface area contributed by atoms with E-state index in [1.165, 1.54) is 61.2 Å². The molecule has 0 aliphatic heterocycles. The molecule has 1 aliphatic carbocycles. The summed E-state index contributed by atoms with van der Waals surface area (Å²) in [6, 6.07) is 42.6. The van der Waals surface area contributed by atoms with E-state index in [9.17, 15) is 0 Å². The molecule has 5 aromatic carbocycles. The van der Waals surface area contributed by atoms with Crippen LogP contribution in [0.3, 0.4) is 0 Å². The van der Waals surface area contributed by atoms with Crippen molar-refractivity contribution >= 4 is 0 Å². The average Bonchev–Trinajstić information content (AvgIpc) is 3.15. The van der Waals surface area contributed by atoms with E-state index in [1.54, 1.807) is 0 Å². The minimum atomic E-state index is -0.0229. The summed E-state index contributed by atoms with van der Waals surface area (Å²) >= 11 is 0. The Morgan fingerprint density at radius 1 is 0.444 bits per heavy atom. The first-order chi connectivity index (χ1) is 17.4. The Balaban J connectivity index is 1.51. The second kappa shape index (κ2) is 8.64. The SMILES string of the molecule is CC(C)c1ccc2c(c1)C(C)(C)c1cc(-c3cc(-c4ccccc4)cc(-c4ccccc4)c3)ccc1-2. The molecule has 0 radical (unpaired) electrons. The highest BCUT2D eigenvalue weighted by Gasteiger charge is 2.35. The lowest BCUT2D eigenvalue weighted by molar-refractivity contribution is 0.658. The maximum Gasteiger partial charge on any atom is 0.0159 e. The molecule has 0 N–H and O–H groups in total. The molecule has 6 rings (SSSR count). The van der Waals surface area contributed by atoms with Gasteiger partial charge in [-0.1, -0.05) is 119 Å². The highest BCUT2D eigenvalue weighted by atomic mass is 14.4. The molecule has 1 aliphatic rings. The van der Waals surface area contributed by atoms with Crippen molar-refractivity contribution in [2.75, 3.05) is 0 Å². The molecule has 0 bridgehead atoms. The maximum atomic E-state index is 2.43. The van der Waals surface area contributed by atoms with E-state index in [2.05, 4.69) is 143 Å². The molecule has 0 saturated carbocycles. The largest absolute Gasteiger partial charge is 0.0622 e. The molecule has 0 fully saturated rings. The molecule has 0 aromatic heterocycles. The Hall–Kier alpha value is -3.90. The van der Waals surface area contributed by atoms with Gasteiger partial charge in [-0.25, -0.2) is 0 Å². The number of hydrogen-bond donors (Lipinski definition) is 0. The van der Waals surface area contributed by atoms with Gasteiger partial charge in [0.25, 0.3) is 0 Å². The van der Waals surface area contributed by atoms with E-state index in [0.29, 0.717) is 5.92 Å². The zero-order valence-corrected chi connectivity index (χ0v) is 21.5. The van der Waals surface area contributed by atoms with Crippen LogP contribution in [-0.2, 0) is 5.41 Å². The van der Waals surface area contributed by atoms with E-state index in [0.717, 1.165) is 0 Å². The molecule has 0 amide bonds. The van der Waals surface area contributed by atoms with Gasteiger partial charge in [-0.15, -0.1) is 0 Å². The van der Waals surface area contributed by atoms with Gasteiger partial charge in [0, 0.05) is 5.41 Å². The standard InChI is InChI=1S/C36H32/c1-24(2)27-15-17-32-33-18-16-28(23-35(33)36(3,4)34(32)22-27)31-20-29(25-11-7-5-8-12-25)19-30(21-31)26-13-9-6-10-14-26/h5-24H,1-4H3. The predicted molar refractivity (Wildman–Crippen MR) is 154 cm³/mol. The summed E-state index contributed by atoms with van der Waals surface area (Å²) in [5.41, 5.74) is 14.5. The van der Waals surface area contributed by atoms with Crippen molar-refractivity contribution in [2.24, 2.45) is 0 Å². The van der Waals surface area contributed by atoms with Crippen molar-refractivity contribution in [1.29, 1.82) is 0 Å². The Morgan fingerprint density at radius 2 is 0.917 bits per heavy atom. The number of fused-ring (bicyclic) bond motifs is 3. The summed E-state index contributed by atoms with van der Waals surface area (Å²) in [5, 5.41) is 0. The molecule has 0 unspecified atom stereocenters. The third kappa shape index (κ3) is 3.78. The van der Waals surface area contributed by atoms with Gasteiger partial charge in [0.15, 0.2) is 0 Å². The van der Waals surface area contributed by atoms with Gasteiger partial charge in [0.2, 0.25) is 0 Å². The molecule has 36 heavy (non-hydrogen) atoms. The van der Waals surface area contributed by atoms with Crippen molar-refractivity contribution in [3.05, 3.63) is 132 Å². The third-order valence-corrected chi connectivity index (χ3v) is 7.85. The highest BCUT2D eigenvalue weighted by molar-refractivity contribution is 5.86. The highest BCUT2D eigenvalue weighted by Crippen LogP contribution is 2.50. The molecule has 0 heterocycles. The Kier molecular flexibility index (Phi) is 5.41. The van der Waals surface area contributed by atoms with Crippen LogP contribution < -0.4 is 0 Å². The lowest BCUT2D eigenvalue weighted by Gasteiger charge is -2.23. The van der Waals surface area contributed by atoms with Gasteiger partial charge in [-0.05, 0) is 91.4 Å². The number of hydrogen-bond acceptors (Lipinski definition) is 0. The predicted octanol–water partition coefficient (Wildman–Crippen LogP) is 10.1. The summed E-state index contributed by atoms with van der Waals surface area (Å²) in [4.78, 5) is 0. The molecule has 0 spiro atoms. The van der Waals surface area contributed by atoms with Gasteiger partial charge in [-0.2, -0.15) is 0 Å². The fraction of sp³-hybridized carbons (Fsp3) is 0.167. The van der Waals surface area contributed by atoms with Crippen LogP contribution in [0, 0.1) is 0 Å². The number of benzene rings is 5. The molecule has 0 saturated heterocycles. The van der Waals surface area contributed by atoms with E-state index in [-0.39, 0.29) is 5.41 Å². The van der Waals surface area contributed by atoms with E-state index in [1.807, 2.05) is 0 Å². The van der Waals surface area contributed by atoms with Crippen LogP contribution in [0.1, 0.15) is 50.3 Å². The summed E-state index contributed by atoms with van der Waals surface area (Å²) in [7, 11) is 0. The van der Waals surface area contributed by atoms with Gasteiger partial charge in [0.1, 0.15) is 0 Å². The smallest absolute Gasteiger partial charge is 0.0159 e. The lowest BCUT2D eigenvalue weighted by atomic mass is 9.80. The van der Waals surface area contributed by atoms with E-state index >= 15 is 0 Å². The van der Waals surface area contributed by atoms with Crippen molar-refractivity contribution < 1.29 is 0 Å². The van der Waals surface area contributed by atoms with Gasteiger partial charge in [0.05, 0.1) is 0 Å². The van der Waals surface area contributed by atoms with Crippen LogP contribution in [0.2, 0.25) is 0 Å². The number of rotatable bonds is 4. The normalized spacial score (nSPS) is 13.5. The fourth-order valence-corrected chi connectivity index (χ4v) is 5.68. The second-order valence-electron chi connectivity index (χ2n) is 10.9. The molecule has 0 atom stereocenters. The average molecular weight is 465 g/mol. The molecule has 176 valence electrons. The topological polar surface area (TPSA) is 0 Å². The summed E-state index contributed by atoms with van der Waals surface area (Å²) < 4.78 is 0. The van der Waals surface area contributed by atoms with E-state index in [4.69, 9.17) is 0 Å². The second-order valence-corrected chi connectivity index (χ2v) is 10.9. The molecule has 0 heteroatoms. The van der Waals surface area contributed by atoms with Crippen molar-refractivity contribution in [3.8, 4) is 44.5 Å². The summed E-state index contributed by atoms with van der Waals surface area (Å²) in [5.74, 6) is 0.530. The first-order valence-electron chi connectivity index (χ1n) is 13.0. The first kappa shape index (κ1) is 22.6. The minimum absolute atomic E-state index is 0.0229. The van der Waals surface area contributed by atoms with Gasteiger partial charge < -0.3 is 0 Å². The molecular weight excluding hydrogens is 432 g/mol. The zero-order valence-electron chi connectivity index (χ0n) is 21.5. The quantitative estimate of drug-likeness (QED) is 0.248. The van der Waals surface area contributed by atoms with E-state index < -0.39 is 0 Å². The molecule has 0 nitrogen and oxygen atoms in total. The van der Waals surface area contributed by atoms with Gasteiger partial charge in [-0.3, -0.25) is 0 Å². The lowest BCUT2D eigenvalue weighted by Crippen LogP contribution is -2.15. The van der Waals surface area contributed by atoms with Crippen LogP contribution in [0.15, 0.2) is 115 Å². The first-order valence-corrected chi connectivity index (χ1v) is 13.0. The van der Waals surface area contributed by atoms with Crippen molar-refractivity contribution in [3.63, 3.8) is 0 Å².